The number of halogens is 3. The van der Waals surface area contributed by atoms with Crippen molar-refractivity contribution in [3.05, 3.63) is 171 Å². The van der Waals surface area contributed by atoms with Gasteiger partial charge in [0.15, 0.2) is 28.1 Å². The van der Waals surface area contributed by atoms with E-state index in [1.54, 1.807) is 61.5 Å². The maximum absolute atomic E-state index is 13.4. The summed E-state index contributed by atoms with van der Waals surface area (Å²) >= 11 is 7.71. The molecule has 482 valence electrons. The molecule has 1 spiro atoms. The number of hydrogen-bond donors (Lipinski definition) is 1. The van der Waals surface area contributed by atoms with E-state index in [1.165, 1.54) is 62.3 Å². The van der Waals surface area contributed by atoms with Crippen LogP contribution in [-0.4, -0.2) is 161 Å². The van der Waals surface area contributed by atoms with Crippen LogP contribution in [-0.2, 0) is 27.3 Å². The predicted octanol–water partition coefficient (Wildman–Crippen LogP) is 10.4. The highest BCUT2D eigenvalue weighted by molar-refractivity contribution is 9.10. The van der Waals surface area contributed by atoms with Gasteiger partial charge in [0.05, 0.1) is 52.7 Å². The van der Waals surface area contributed by atoms with Crippen LogP contribution in [0.4, 0.5) is 21.7 Å². The second-order valence-corrected chi connectivity index (χ2v) is 24.9. The predicted molar refractivity (Wildman–Crippen MR) is 358 cm³/mol. The summed E-state index contributed by atoms with van der Waals surface area (Å²) in [6.45, 7) is 16.8. The van der Waals surface area contributed by atoms with Crippen molar-refractivity contribution in [3.8, 4) is 29.3 Å². The summed E-state index contributed by atoms with van der Waals surface area (Å²) in [5, 5.41) is 4.75. The molecule has 0 aliphatic carbocycles. The SMILES string of the molecule is Brc1cccc(O[C@@H]2CCOC2)n1.C=CCn1c(=O)c2cnc(Nc3ccc(N4CCC5(CCN(C)CC5)CC4)cc3)nc2n1-c1cccc(OC2CCOC2)n1.C=CCn1c(=O)c2cnc(SC)nc2n1-c1cccc(O[C@@H]2CCOC2)n1.Fc1cccc(Br)n1. The Balaban J connectivity index is 0.000000151. The number of allylic oxidation sites excluding steroid dienone is 2. The van der Waals surface area contributed by atoms with Crippen LogP contribution in [0.1, 0.15) is 44.9 Å². The summed E-state index contributed by atoms with van der Waals surface area (Å²) in [5.41, 5.74) is 3.21. The minimum Gasteiger partial charge on any atom is -0.472 e. The van der Waals surface area contributed by atoms with Crippen LogP contribution in [0.25, 0.3) is 33.7 Å². The summed E-state index contributed by atoms with van der Waals surface area (Å²) in [6, 6.07) is 29.6. The number of nitrogens with one attached hydrogen (secondary N) is 1. The first-order valence-corrected chi connectivity index (χ1v) is 33.3. The number of pyridine rings is 4. The molecule has 27 heteroatoms. The third-order valence-electron chi connectivity index (χ3n) is 16.2. The van der Waals surface area contributed by atoms with Gasteiger partial charge in [-0.25, -0.2) is 43.6 Å². The minimum atomic E-state index is -0.459. The molecule has 23 nitrogen and oxygen atoms in total. The van der Waals surface area contributed by atoms with E-state index in [9.17, 15) is 14.0 Å². The summed E-state index contributed by atoms with van der Waals surface area (Å²) in [6.07, 6.45) is 16.3. The van der Waals surface area contributed by atoms with E-state index in [4.69, 9.17) is 38.4 Å². The number of ether oxygens (including phenoxy) is 6. The van der Waals surface area contributed by atoms with Gasteiger partial charge in [-0.2, -0.15) is 19.3 Å². The van der Waals surface area contributed by atoms with Gasteiger partial charge in [-0.05, 0) is 144 Å². The third kappa shape index (κ3) is 16.5. The van der Waals surface area contributed by atoms with Gasteiger partial charge < -0.3 is 43.5 Å². The van der Waals surface area contributed by atoms with Crippen molar-refractivity contribution in [2.45, 2.75) is 81.5 Å². The van der Waals surface area contributed by atoms with Crippen LogP contribution in [0.5, 0.6) is 17.6 Å². The zero-order valence-electron chi connectivity index (χ0n) is 51.2. The number of fused-ring (bicyclic) bond motifs is 2. The first-order chi connectivity index (χ1) is 44.8. The van der Waals surface area contributed by atoms with Crippen molar-refractivity contribution in [2.24, 2.45) is 5.41 Å². The molecular weight excluding hydrogens is 1330 g/mol. The van der Waals surface area contributed by atoms with Crippen molar-refractivity contribution in [1.82, 2.24) is 63.5 Å². The second kappa shape index (κ2) is 31.1. The third-order valence-corrected chi connectivity index (χ3v) is 17.7. The molecule has 13 heterocycles. The zero-order valence-corrected chi connectivity index (χ0v) is 55.2. The van der Waals surface area contributed by atoms with Gasteiger partial charge in [-0.1, -0.05) is 48.2 Å². The van der Waals surface area contributed by atoms with Gasteiger partial charge in [0, 0.05) is 74.3 Å². The molecular formula is C65H72Br2FN15O8S. The van der Waals surface area contributed by atoms with E-state index in [2.05, 4.69) is 121 Å². The monoisotopic (exact) mass is 1400 g/mol. The number of rotatable bonds is 16. The van der Waals surface area contributed by atoms with Crippen molar-refractivity contribution in [3.63, 3.8) is 0 Å². The fraction of sp³-hybridized carbons (Fsp3) is 0.385. The topological polar surface area (TPSA) is 231 Å². The molecule has 0 amide bonds. The molecule has 5 fully saturated rings. The van der Waals surface area contributed by atoms with Crippen molar-refractivity contribution >= 4 is 83.0 Å². The Kier molecular flexibility index (Phi) is 22.2. The lowest BCUT2D eigenvalue weighted by Gasteiger charge is -2.46. The molecule has 5 saturated heterocycles. The Bertz CT molecular complexity index is 4070. The normalized spacial score (nSPS) is 18.5. The number of likely N-dealkylation sites (tertiary alicyclic amines) is 1. The van der Waals surface area contributed by atoms with Crippen molar-refractivity contribution in [2.75, 3.05) is 89.3 Å². The lowest BCUT2D eigenvalue weighted by Crippen LogP contribution is -2.46. The Morgan fingerprint density at radius 1 is 0.620 bits per heavy atom. The maximum atomic E-state index is 13.4. The van der Waals surface area contributed by atoms with Gasteiger partial charge in [0.25, 0.3) is 11.1 Å². The molecule has 1 unspecified atom stereocenters. The summed E-state index contributed by atoms with van der Waals surface area (Å²) < 4.78 is 53.4. The Morgan fingerprint density at radius 3 is 1.57 bits per heavy atom. The average Bonchev–Trinajstić information content (AvgIpc) is 1.63. The molecule has 0 bridgehead atoms. The number of benzene rings is 1. The van der Waals surface area contributed by atoms with E-state index >= 15 is 0 Å². The lowest BCUT2D eigenvalue weighted by molar-refractivity contribution is 0.0945. The molecule has 0 radical (unpaired) electrons. The molecule has 9 aromatic rings. The molecule has 14 rings (SSSR count). The molecule has 92 heavy (non-hydrogen) atoms. The second-order valence-electron chi connectivity index (χ2n) is 22.5. The van der Waals surface area contributed by atoms with Gasteiger partial charge >= 0.3 is 0 Å². The molecule has 5 aliphatic rings. The molecule has 5 aliphatic heterocycles. The highest BCUT2D eigenvalue weighted by Gasteiger charge is 2.37. The number of thioether (sulfide) groups is 1. The molecule has 3 atom stereocenters. The first-order valence-electron chi connectivity index (χ1n) is 30.5. The number of anilines is 3. The molecule has 1 N–H and O–H groups in total. The van der Waals surface area contributed by atoms with Gasteiger partial charge in [0.2, 0.25) is 29.5 Å². The molecule has 8 aromatic heterocycles. The van der Waals surface area contributed by atoms with Gasteiger partial charge in [-0.15, -0.1) is 13.2 Å². The van der Waals surface area contributed by atoms with E-state index in [1.807, 2.05) is 54.8 Å². The van der Waals surface area contributed by atoms with Crippen LogP contribution < -0.4 is 35.5 Å². The fourth-order valence-electron chi connectivity index (χ4n) is 11.3. The van der Waals surface area contributed by atoms with E-state index in [-0.39, 0.29) is 36.0 Å². The molecule has 1 aromatic carbocycles. The summed E-state index contributed by atoms with van der Waals surface area (Å²) in [7, 11) is 2.23. The zero-order chi connectivity index (χ0) is 64.0. The fourth-order valence-corrected chi connectivity index (χ4v) is 12.3. The van der Waals surface area contributed by atoms with E-state index < -0.39 is 5.95 Å². The largest absolute Gasteiger partial charge is 0.472 e. The number of piperidine rings is 2. The van der Waals surface area contributed by atoms with E-state index in [0.717, 1.165) is 49.2 Å². The van der Waals surface area contributed by atoms with Gasteiger partial charge in [0.1, 0.15) is 38.3 Å². The highest BCUT2D eigenvalue weighted by atomic mass is 79.9. The molecule has 0 saturated carbocycles. The Hall–Kier alpha value is -7.92. The van der Waals surface area contributed by atoms with Crippen LogP contribution in [0.15, 0.2) is 159 Å². The Labute approximate surface area is 552 Å². The average molecular weight is 1400 g/mol. The number of nitrogens with zero attached hydrogens (tertiary/aromatic N) is 14. The van der Waals surface area contributed by atoms with E-state index in [0.29, 0.717) is 112 Å². The standard InChI is InChI=1S/C33H40N8O3.C18H19N5O3S.C9H10BrNO2.C5H3BrFN/c1-3-16-40-31(42)27-22-34-32(37-30(27)41(40)28-5-4-6-29(36-28)44-26-11-21-43-23-26)35-24-7-9-25(10-8-24)39-19-14-33(15-20-39)12-17-38(2)18-13-33;1-3-8-22-17(24)13-10-19-18(27-2)21-16(13)23(22)14-5-4-6-15(20-14)26-12-7-9-25-11-12;10-8-2-1-3-9(11-8)13-7-4-5-12-6-7;6-4-2-1-3-5(7)8-4/h3-10,22,26H,1,11-21,23H2,2H3,(H,34,35,37);3-6,10,12H,1,7-9,11H2,2H3;1-3,7H,4-6H2;1-3H/t;12-;7-;/m.11./s1. The van der Waals surface area contributed by atoms with Crippen LogP contribution in [0.3, 0.4) is 0 Å². The smallest absolute Gasteiger partial charge is 0.278 e. The quantitative estimate of drug-likeness (QED) is 0.0410. The highest BCUT2D eigenvalue weighted by Crippen LogP contribution is 2.42. The maximum Gasteiger partial charge on any atom is 0.278 e. The lowest BCUT2D eigenvalue weighted by atomic mass is 9.71. The first kappa shape index (κ1) is 65.6. The van der Waals surface area contributed by atoms with Crippen molar-refractivity contribution < 1.29 is 32.8 Å². The minimum absolute atomic E-state index is 0.00468. The van der Waals surface area contributed by atoms with Crippen LogP contribution >= 0.6 is 43.6 Å². The van der Waals surface area contributed by atoms with Crippen LogP contribution in [0, 0.1) is 11.4 Å². The number of hydrogen-bond acceptors (Lipinski definition) is 20. The summed E-state index contributed by atoms with van der Waals surface area (Å²) in [4.78, 5) is 66.0. The van der Waals surface area contributed by atoms with Gasteiger partial charge in [-0.3, -0.25) is 9.59 Å². The van der Waals surface area contributed by atoms with Crippen LogP contribution in [0.2, 0.25) is 0 Å². The van der Waals surface area contributed by atoms with Crippen molar-refractivity contribution in [1.29, 1.82) is 0 Å². The Morgan fingerprint density at radius 2 is 1.10 bits per heavy atom. The summed E-state index contributed by atoms with van der Waals surface area (Å²) in [5.74, 6) is 2.62. The number of aromatic nitrogens is 12.